The van der Waals surface area contributed by atoms with E-state index in [1.165, 1.54) is 22.5 Å². The Hall–Kier alpha value is -2.13. The number of ether oxygens (including phenoxy) is 2. The lowest BCUT2D eigenvalue weighted by Gasteiger charge is -2.26. The molecule has 156 valence electrons. The van der Waals surface area contributed by atoms with Gasteiger partial charge in [0.15, 0.2) is 6.61 Å². The predicted molar refractivity (Wildman–Crippen MR) is 111 cm³/mol. The molecule has 1 heterocycles. The largest absolute Gasteiger partial charge is 0.482 e. The molecule has 0 saturated carbocycles. The molecule has 1 saturated heterocycles. The van der Waals surface area contributed by atoms with Crippen LogP contribution in [0.15, 0.2) is 41.3 Å². The first-order valence-corrected chi connectivity index (χ1v) is 11.0. The number of benzene rings is 2. The number of hydrogen-bond acceptors (Lipinski definition) is 5. The third kappa shape index (κ3) is 5.27. The van der Waals surface area contributed by atoms with Crippen LogP contribution in [0.2, 0.25) is 5.02 Å². The summed E-state index contributed by atoms with van der Waals surface area (Å²) in [6.07, 6.45) is 0. The van der Waals surface area contributed by atoms with Crippen molar-refractivity contribution in [2.24, 2.45) is 0 Å². The highest BCUT2D eigenvalue weighted by molar-refractivity contribution is 7.89. The van der Waals surface area contributed by atoms with E-state index in [1.54, 1.807) is 0 Å². The quantitative estimate of drug-likeness (QED) is 0.749. The first kappa shape index (κ1) is 21.6. The maximum Gasteiger partial charge on any atom is 0.262 e. The summed E-state index contributed by atoms with van der Waals surface area (Å²) in [5.74, 6) is -0.0959. The topological polar surface area (TPSA) is 84.9 Å². The number of rotatable bonds is 6. The molecule has 1 fully saturated rings. The molecule has 7 nitrogen and oxygen atoms in total. The highest BCUT2D eigenvalue weighted by atomic mass is 35.5. The first-order chi connectivity index (χ1) is 13.8. The Balaban J connectivity index is 1.64. The third-order valence-corrected chi connectivity index (χ3v) is 6.72. The van der Waals surface area contributed by atoms with Gasteiger partial charge in [-0.25, -0.2) is 8.42 Å². The summed E-state index contributed by atoms with van der Waals surface area (Å²) >= 11 is 6.20. The normalized spacial score (nSPS) is 15.1. The van der Waals surface area contributed by atoms with Crippen molar-refractivity contribution >= 4 is 33.2 Å². The number of hydrogen-bond donors (Lipinski definition) is 1. The smallest absolute Gasteiger partial charge is 0.262 e. The van der Waals surface area contributed by atoms with E-state index in [2.05, 4.69) is 5.32 Å². The molecule has 0 bridgehead atoms. The monoisotopic (exact) mass is 438 g/mol. The number of anilines is 1. The maximum atomic E-state index is 12.7. The van der Waals surface area contributed by atoms with Crippen LogP contribution in [0.1, 0.15) is 11.1 Å². The summed E-state index contributed by atoms with van der Waals surface area (Å²) < 4.78 is 37.4. The summed E-state index contributed by atoms with van der Waals surface area (Å²) in [7, 11) is -3.65. The minimum absolute atomic E-state index is 0.0801. The SMILES string of the molecule is Cc1ccc(NC(=O)COc2ccc(S(=O)(=O)N3CCOCC3)cc2Cl)c(C)c1. The second-order valence-corrected chi connectivity index (χ2v) is 9.11. The summed E-state index contributed by atoms with van der Waals surface area (Å²) in [6.45, 7) is 4.98. The van der Waals surface area contributed by atoms with E-state index < -0.39 is 10.0 Å². The van der Waals surface area contributed by atoms with Gasteiger partial charge >= 0.3 is 0 Å². The Morgan fingerprint density at radius 3 is 2.55 bits per heavy atom. The van der Waals surface area contributed by atoms with Gasteiger partial charge in [-0.1, -0.05) is 29.3 Å². The maximum absolute atomic E-state index is 12.7. The van der Waals surface area contributed by atoms with Crippen molar-refractivity contribution in [1.29, 1.82) is 0 Å². The molecule has 9 heteroatoms. The van der Waals surface area contributed by atoms with Gasteiger partial charge in [-0.05, 0) is 43.7 Å². The van der Waals surface area contributed by atoms with Crippen molar-refractivity contribution in [3.05, 3.63) is 52.5 Å². The second kappa shape index (κ2) is 9.13. The van der Waals surface area contributed by atoms with Crippen LogP contribution >= 0.6 is 11.6 Å². The number of amides is 1. The Bertz CT molecular complexity index is 1000. The number of halogens is 1. The highest BCUT2D eigenvalue weighted by Gasteiger charge is 2.27. The minimum Gasteiger partial charge on any atom is -0.482 e. The van der Waals surface area contributed by atoms with Crippen LogP contribution in [0.3, 0.4) is 0 Å². The standard InChI is InChI=1S/C20H23ClN2O5S/c1-14-3-5-18(15(2)11-14)22-20(24)13-28-19-6-4-16(12-17(19)21)29(25,26)23-7-9-27-10-8-23/h3-6,11-12H,7-10,13H2,1-2H3,(H,22,24). The summed E-state index contributed by atoms with van der Waals surface area (Å²) in [5, 5.41) is 2.91. The molecule has 0 spiro atoms. The lowest BCUT2D eigenvalue weighted by atomic mass is 10.1. The van der Waals surface area contributed by atoms with Crippen LogP contribution in [0.25, 0.3) is 0 Å². The van der Waals surface area contributed by atoms with Crippen LogP contribution in [-0.4, -0.2) is 51.5 Å². The van der Waals surface area contributed by atoms with Crippen molar-refractivity contribution in [1.82, 2.24) is 4.31 Å². The summed E-state index contributed by atoms with van der Waals surface area (Å²) in [5.41, 5.74) is 2.77. The molecule has 1 amide bonds. The van der Waals surface area contributed by atoms with Gasteiger partial charge in [0.1, 0.15) is 5.75 Å². The molecular formula is C20H23ClN2O5S. The van der Waals surface area contributed by atoms with Crippen LogP contribution < -0.4 is 10.1 Å². The highest BCUT2D eigenvalue weighted by Crippen LogP contribution is 2.29. The number of nitrogens with one attached hydrogen (secondary N) is 1. The number of morpholine rings is 1. The van der Waals surface area contributed by atoms with E-state index in [0.717, 1.165) is 11.1 Å². The van der Waals surface area contributed by atoms with Crippen molar-refractivity contribution in [3.8, 4) is 5.75 Å². The number of carbonyl (C=O) groups excluding carboxylic acids is 1. The molecule has 1 aliphatic heterocycles. The Kier molecular flexibility index (Phi) is 6.79. The van der Waals surface area contributed by atoms with E-state index in [9.17, 15) is 13.2 Å². The van der Waals surface area contributed by atoms with Crippen molar-refractivity contribution in [2.75, 3.05) is 38.2 Å². The fraction of sp³-hybridized carbons (Fsp3) is 0.350. The second-order valence-electron chi connectivity index (χ2n) is 6.76. The van der Waals surface area contributed by atoms with Gasteiger partial charge in [-0.3, -0.25) is 4.79 Å². The molecule has 2 aromatic carbocycles. The average molecular weight is 439 g/mol. The number of sulfonamides is 1. The zero-order valence-corrected chi connectivity index (χ0v) is 17.8. The molecule has 0 radical (unpaired) electrons. The number of aryl methyl sites for hydroxylation is 2. The summed E-state index contributed by atoms with van der Waals surface area (Å²) in [4.78, 5) is 12.3. The molecule has 1 N–H and O–H groups in total. The molecule has 2 aromatic rings. The van der Waals surface area contributed by atoms with Gasteiger partial charge in [0.05, 0.1) is 23.1 Å². The molecule has 0 aliphatic carbocycles. The summed E-state index contributed by atoms with van der Waals surface area (Å²) in [6, 6.07) is 9.94. The zero-order valence-electron chi connectivity index (χ0n) is 16.3. The molecule has 0 aromatic heterocycles. The van der Waals surface area contributed by atoms with E-state index >= 15 is 0 Å². The Morgan fingerprint density at radius 2 is 1.90 bits per heavy atom. The van der Waals surface area contributed by atoms with Crippen LogP contribution in [-0.2, 0) is 19.6 Å². The van der Waals surface area contributed by atoms with Gasteiger partial charge in [0.25, 0.3) is 5.91 Å². The molecular weight excluding hydrogens is 416 g/mol. The molecule has 1 aliphatic rings. The number of carbonyl (C=O) groups is 1. The molecule has 29 heavy (non-hydrogen) atoms. The first-order valence-electron chi connectivity index (χ1n) is 9.15. The van der Waals surface area contributed by atoms with Crippen molar-refractivity contribution < 1.29 is 22.7 Å². The lowest BCUT2D eigenvalue weighted by Crippen LogP contribution is -2.40. The zero-order chi connectivity index (χ0) is 21.0. The van der Waals surface area contributed by atoms with Gasteiger partial charge in [0, 0.05) is 18.8 Å². The Morgan fingerprint density at radius 1 is 1.17 bits per heavy atom. The van der Waals surface area contributed by atoms with Crippen molar-refractivity contribution in [3.63, 3.8) is 0 Å². The fourth-order valence-corrected chi connectivity index (χ4v) is 4.71. The van der Waals surface area contributed by atoms with Gasteiger partial charge < -0.3 is 14.8 Å². The van der Waals surface area contributed by atoms with Crippen LogP contribution in [0.4, 0.5) is 5.69 Å². The minimum atomic E-state index is -3.65. The lowest BCUT2D eigenvalue weighted by molar-refractivity contribution is -0.118. The number of nitrogens with zero attached hydrogens (tertiary/aromatic N) is 1. The molecule has 3 rings (SSSR count). The van der Waals surface area contributed by atoms with E-state index in [0.29, 0.717) is 32.0 Å². The average Bonchev–Trinajstić information content (AvgIpc) is 2.70. The molecule has 0 unspecified atom stereocenters. The third-order valence-electron chi connectivity index (χ3n) is 4.53. The fourth-order valence-electron chi connectivity index (χ4n) is 2.98. The van der Waals surface area contributed by atoms with Gasteiger partial charge in [-0.2, -0.15) is 4.31 Å². The van der Waals surface area contributed by atoms with Crippen molar-refractivity contribution in [2.45, 2.75) is 18.7 Å². The molecule has 0 atom stereocenters. The van der Waals surface area contributed by atoms with E-state index in [4.69, 9.17) is 21.1 Å². The van der Waals surface area contributed by atoms with Gasteiger partial charge in [-0.15, -0.1) is 0 Å². The van der Waals surface area contributed by atoms with Gasteiger partial charge in [0.2, 0.25) is 10.0 Å². The predicted octanol–water partition coefficient (Wildman–Crippen LogP) is 3.00. The van der Waals surface area contributed by atoms with Crippen LogP contribution in [0.5, 0.6) is 5.75 Å². The van der Waals surface area contributed by atoms with E-state index in [1.807, 2.05) is 32.0 Å². The Labute approximate surface area is 175 Å². The van der Waals surface area contributed by atoms with Crippen LogP contribution in [0, 0.1) is 13.8 Å². The van der Waals surface area contributed by atoms with E-state index in [-0.39, 0.29) is 28.2 Å².